The number of nitrogens with two attached hydrogens (primary N) is 1. The zero-order chi connectivity index (χ0) is 13.7. The van der Waals surface area contributed by atoms with Gasteiger partial charge in [0.15, 0.2) is 5.16 Å². The van der Waals surface area contributed by atoms with Crippen molar-refractivity contribution in [2.45, 2.75) is 12.1 Å². The lowest BCUT2D eigenvalue weighted by Gasteiger charge is -2.07. The van der Waals surface area contributed by atoms with Crippen LogP contribution in [0.5, 0.6) is 17.4 Å². The molecule has 0 unspecified atom stereocenters. The molecule has 2 N–H and O–H groups in total. The fraction of sp³-hybridized carbons (Fsp3) is 0.231. The monoisotopic (exact) mass is 277 g/mol. The number of ether oxygens (including phenoxy) is 2. The van der Waals surface area contributed by atoms with E-state index in [0.29, 0.717) is 29.2 Å². The molecule has 2 aromatic rings. The molecule has 0 saturated heterocycles. The van der Waals surface area contributed by atoms with Gasteiger partial charge in [0.1, 0.15) is 17.3 Å². The second kappa shape index (κ2) is 6.29. The van der Waals surface area contributed by atoms with E-state index in [1.54, 1.807) is 6.07 Å². The molecule has 19 heavy (non-hydrogen) atoms. The van der Waals surface area contributed by atoms with Crippen molar-refractivity contribution in [3.63, 3.8) is 0 Å². The molecular weight excluding hydrogens is 262 g/mol. The number of aromatic nitrogens is 2. The molecule has 6 heteroatoms. The van der Waals surface area contributed by atoms with Crippen molar-refractivity contribution < 1.29 is 9.47 Å². The normalized spacial score (nSPS) is 10.2. The van der Waals surface area contributed by atoms with E-state index in [-0.39, 0.29) is 0 Å². The topological polar surface area (TPSA) is 70.3 Å². The van der Waals surface area contributed by atoms with Crippen LogP contribution in [0.2, 0.25) is 0 Å². The lowest BCUT2D eigenvalue weighted by Crippen LogP contribution is -1.97. The zero-order valence-electron chi connectivity index (χ0n) is 10.8. The van der Waals surface area contributed by atoms with Gasteiger partial charge in [-0.1, -0.05) is 11.8 Å². The van der Waals surface area contributed by atoms with Crippen LogP contribution in [0, 0.1) is 0 Å². The first kappa shape index (κ1) is 13.5. The molecule has 1 aromatic heterocycles. The molecule has 1 heterocycles. The maximum Gasteiger partial charge on any atom is 0.225 e. The second-order valence-corrected chi connectivity index (χ2v) is 4.40. The minimum Gasteiger partial charge on any atom is -0.494 e. The summed E-state index contributed by atoms with van der Waals surface area (Å²) in [5.41, 5.74) is 5.69. The molecule has 0 bridgehead atoms. The van der Waals surface area contributed by atoms with E-state index in [0.717, 1.165) is 5.75 Å². The number of anilines is 1. The van der Waals surface area contributed by atoms with Crippen LogP contribution in [-0.4, -0.2) is 22.8 Å². The minimum atomic E-state index is 0.389. The number of hydrogen-bond acceptors (Lipinski definition) is 6. The summed E-state index contributed by atoms with van der Waals surface area (Å²) in [6, 6.07) is 8.93. The summed E-state index contributed by atoms with van der Waals surface area (Å²) in [6.45, 7) is 2.58. The largest absolute Gasteiger partial charge is 0.494 e. The number of thioether (sulfide) groups is 1. The molecule has 1 aromatic carbocycles. The van der Waals surface area contributed by atoms with Gasteiger partial charge in [-0.15, -0.1) is 0 Å². The Kier molecular flexibility index (Phi) is 4.46. The first-order chi connectivity index (χ1) is 9.21. The van der Waals surface area contributed by atoms with E-state index in [1.807, 2.05) is 37.4 Å². The summed E-state index contributed by atoms with van der Waals surface area (Å²) < 4.78 is 11.0. The van der Waals surface area contributed by atoms with Gasteiger partial charge in [-0.25, -0.2) is 4.98 Å². The van der Waals surface area contributed by atoms with E-state index >= 15 is 0 Å². The average Bonchev–Trinajstić information content (AvgIpc) is 2.40. The van der Waals surface area contributed by atoms with E-state index in [1.165, 1.54) is 11.8 Å². The molecule has 2 rings (SSSR count). The predicted molar refractivity (Wildman–Crippen MR) is 75.9 cm³/mol. The van der Waals surface area contributed by atoms with E-state index in [2.05, 4.69) is 9.97 Å². The third-order valence-corrected chi connectivity index (χ3v) is 2.79. The maximum absolute atomic E-state index is 5.69. The van der Waals surface area contributed by atoms with Gasteiger partial charge in [-0.2, -0.15) is 4.98 Å². The predicted octanol–water partition coefficient (Wildman–Crippen LogP) is 2.97. The van der Waals surface area contributed by atoms with Crippen LogP contribution in [0.15, 0.2) is 35.5 Å². The molecule has 0 radical (unpaired) electrons. The van der Waals surface area contributed by atoms with Gasteiger partial charge in [0.2, 0.25) is 5.88 Å². The fourth-order valence-electron chi connectivity index (χ4n) is 1.46. The maximum atomic E-state index is 5.69. The van der Waals surface area contributed by atoms with Crippen molar-refractivity contribution in [3.8, 4) is 17.4 Å². The lowest BCUT2D eigenvalue weighted by atomic mass is 10.3. The third kappa shape index (κ3) is 3.75. The quantitative estimate of drug-likeness (QED) is 0.669. The molecule has 100 valence electrons. The van der Waals surface area contributed by atoms with Crippen LogP contribution in [-0.2, 0) is 0 Å². The Hall–Kier alpha value is -1.95. The van der Waals surface area contributed by atoms with Crippen LogP contribution in [0.1, 0.15) is 6.92 Å². The summed E-state index contributed by atoms with van der Waals surface area (Å²) >= 11 is 1.41. The number of hydrogen-bond donors (Lipinski definition) is 1. The highest BCUT2D eigenvalue weighted by Crippen LogP contribution is 2.24. The third-order valence-electron chi connectivity index (χ3n) is 2.24. The molecule has 0 fully saturated rings. The molecule has 0 aliphatic carbocycles. The van der Waals surface area contributed by atoms with Gasteiger partial charge in [-0.05, 0) is 37.4 Å². The Morgan fingerprint density at radius 2 is 1.84 bits per heavy atom. The lowest BCUT2D eigenvalue weighted by molar-refractivity contribution is 0.339. The molecule has 0 spiro atoms. The van der Waals surface area contributed by atoms with Gasteiger partial charge in [0.05, 0.1) is 6.61 Å². The van der Waals surface area contributed by atoms with E-state index in [4.69, 9.17) is 15.2 Å². The molecule has 5 nitrogen and oxygen atoms in total. The van der Waals surface area contributed by atoms with Crippen molar-refractivity contribution in [2.24, 2.45) is 0 Å². The summed E-state index contributed by atoms with van der Waals surface area (Å²) in [5, 5.41) is 0.584. The number of nitrogens with zero attached hydrogens (tertiary/aromatic N) is 2. The van der Waals surface area contributed by atoms with Crippen molar-refractivity contribution in [3.05, 3.63) is 30.3 Å². The number of nitrogen functional groups attached to an aromatic ring is 1. The first-order valence-electron chi connectivity index (χ1n) is 5.80. The van der Waals surface area contributed by atoms with Gasteiger partial charge < -0.3 is 15.2 Å². The van der Waals surface area contributed by atoms with Crippen molar-refractivity contribution in [1.82, 2.24) is 9.97 Å². The molecule has 0 saturated carbocycles. The minimum absolute atomic E-state index is 0.389. The highest BCUT2D eigenvalue weighted by molar-refractivity contribution is 7.98. The Bertz CT molecular complexity index is 546. The SMILES string of the molecule is CCOc1ccc(Oc2cc(N)nc(SC)n2)cc1. The smallest absolute Gasteiger partial charge is 0.225 e. The highest BCUT2D eigenvalue weighted by Gasteiger charge is 2.04. The van der Waals surface area contributed by atoms with Gasteiger partial charge >= 0.3 is 0 Å². The molecule has 0 amide bonds. The fourth-order valence-corrected chi connectivity index (χ4v) is 1.83. The Balaban J connectivity index is 2.14. The molecule has 0 aliphatic heterocycles. The number of rotatable bonds is 5. The average molecular weight is 277 g/mol. The van der Waals surface area contributed by atoms with Crippen LogP contribution in [0.25, 0.3) is 0 Å². The first-order valence-corrected chi connectivity index (χ1v) is 7.03. The van der Waals surface area contributed by atoms with E-state index in [9.17, 15) is 0 Å². The van der Waals surface area contributed by atoms with Gasteiger partial charge in [0.25, 0.3) is 0 Å². The Morgan fingerprint density at radius 3 is 2.47 bits per heavy atom. The summed E-state index contributed by atoms with van der Waals surface area (Å²) in [7, 11) is 0. The van der Waals surface area contributed by atoms with Crippen LogP contribution >= 0.6 is 11.8 Å². The second-order valence-electron chi connectivity index (χ2n) is 3.62. The molecule has 0 atom stereocenters. The molecular formula is C13H15N3O2S. The van der Waals surface area contributed by atoms with E-state index < -0.39 is 0 Å². The standard InChI is InChI=1S/C13H15N3O2S/c1-3-17-9-4-6-10(7-5-9)18-12-8-11(14)15-13(16-12)19-2/h4-8H,3H2,1-2H3,(H2,14,15,16). The summed E-state index contributed by atoms with van der Waals surface area (Å²) in [4.78, 5) is 8.29. The Labute approximate surface area is 116 Å². The summed E-state index contributed by atoms with van der Waals surface area (Å²) in [6.07, 6.45) is 1.88. The van der Waals surface area contributed by atoms with Crippen molar-refractivity contribution >= 4 is 17.6 Å². The van der Waals surface area contributed by atoms with Crippen molar-refractivity contribution in [1.29, 1.82) is 0 Å². The Morgan fingerprint density at radius 1 is 1.16 bits per heavy atom. The highest BCUT2D eigenvalue weighted by atomic mass is 32.2. The van der Waals surface area contributed by atoms with Crippen molar-refractivity contribution in [2.75, 3.05) is 18.6 Å². The van der Waals surface area contributed by atoms with Crippen LogP contribution < -0.4 is 15.2 Å². The molecule has 0 aliphatic rings. The summed E-state index contributed by atoms with van der Waals surface area (Å²) in [5.74, 6) is 2.30. The van der Waals surface area contributed by atoms with Gasteiger partial charge in [-0.3, -0.25) is 0 Å². The van der Waals surface area contributed by atoms with Crippen LogP contribution in [0.3, 0.4) is 0 Å². The zero-order valence-corrected chi connectivity index (χ0v) is 11.6. The van der Waals surface area contributed by atoms with Crippen LogP contribution in [0.4, 0.5) is 5.82 Å². The van der Waals surface area contributed by atoms with Gasteiger partial charge in [0, 0.05) is 6.07 Å². The number of benzene rings is 1.